The Kier molecular flexibility index (Phi) is 5.65. The highest BCUT2D eigenvalue weighted by Gasteiger charge is 2.35. The minimum atomic E-state index is -0.855. The quantitative estimate of drug-likeness (QED) is 0.580. The minimum absolute atomic E-state index is 0.0921. The van der Waals surface area contributed by atoms with Crippen LogP contribution in [-0.4, -0.2) is 60.4 Å². The number of nitrogens with zero attached hydrogens (tertiary/aromatic N) is 3. The van der Waals surface area contributed by atoms with Crippen molar-refractivity contribution in [2.45, 2.75) is 26.2 Å². The first-order valence-electron chi connectivity index (χ1n) is 8.85. The van der Waals surface area contributed by atoms with Crippen LogP contribution >= 0.6 is 11.3 Å². The Morgan fingerprint density at radius 1 is 1.39 bits per heavy atom. The van der Waals surface area contributed by atoms with Crippen molar-refractivity contribution >= 4 is 40.2 Å². The van der Waals surface area contributed by atoms with Gasteiger partial charge in [0.15, 0.2) is 6.61 Å². The Morgan fingerprint density at radius 3 is 2.79 bits per heavy atom. The monoisotopic (exact) mass is 404 g/mol. The molecule has 3 rings (SSSR count). The predicted octanol–water partition coefficient (Wildman–Crippen LogP) is 1.12. The number of carbonyl (C=O) groups excluding carboxylic acids is 4. The molecule has 2 aliphatic rings. The second kappa shape index (κ2) is 7.98. The molecule has 1 aliphatic heterocycles. The van der Waals surface area contributed by atoms with Gasteiger partial charge in [0, 0.05) is 11.9 Å². The molecule has 1 atom stereocenters. The summed E-state index contributed by atoms with van der Waals surface area (Å²) < 4.78 is 4.87. The van der Waals surface area contributed by atoms with Crippen molar-refractivity contribution in [3.05, 3.63) is 16.0 Å². The molecule has 1 aromatic heterocycles. The number of nitrogens with one attached hydrogen (secondary N) is 1. The maximum absolute atomic E-state index is 12.1. The Labute approximate surface area is 165 Å². The summed E-state index contributed by atoms with van der Waals surface area (Å²) >= 11 is 1.38. The molecule has 148 valence electrons. The summed E-state index contributed by atoms with van der Waals surface area (Å²) in [5.74, 6) is -1.39. The van der Waals surface area contributed by atoms with Crippen LogP contribution in [0.4, 0.5) is 9.80 Å². The van der Waals surface area contributed by atoms with Crippen molar-refractivity contribution in [3.63, 3.8) is 0 Å². The number of thiophene rings is 1. The molecule has 1 N–H and O–H groups in total. The maximum atomic E-state index is 12.1. The zero-order valence-electron chi connectivity index (χ0n) is 15.6. The molecule has 0 aromatic carbocycles. The molecule has 1 aliphatic carbocycles. The lowest BCUT2D eigenvalue weighted by molar-refractivity contribution is -0.149. The predicted molar refractivity (Wildman–Crippen MR) is 99.6 cm³/mol. The lowest BCUT2D eigenvalue weighted by Gasteiger charge is -2.17. The van der Waals surface area contributed by atoms with Gasteiger partial charge in [-0.2, -0.15) is 5.26 Å². The van der Waals surface area contributed by atoms with E-state index in [2.05, 4.69) is 18.3 Å². The number of rotatable bonds is 5. The van der Waals surface area contributed by atoms with Crippen LogP contribution in [0.25, 0.3) is 0 Å². The smallest absolute Gasteiger partial charge is 0.327 e. The Balaban J connectivity index is 1.55. The van der Waals surface area contributed by atoms with Crippen molar-refractivity contribution in [1.82, 2.24) is 9.80 Å². The van der Waals surface area contributed by atoms with Crippen LogP contribution in [0.3, 0.4) is 0 Å². The molecule has 2 heterocycles. The number of ether oxygens (including phenoxy) is 1. The van der Waals surface area contributed by atoms with Gasteiger partial charge in [-0.1, -0.05) is 6.92 Å². The zero-order valence-corrected chi connectivity index (χ0v) is 16.4. The van der Waals surface area contributed by atoms with Gasteiger partial charge < -0.3 is 15.0 Å². The highest BCUT2D eigenvalue weighted by molar-refractivity contribution is 7.16. The van der Waals surface area contributed by atoms with Crippen LogP contribution in [-0.2, 0) is 32.0 Å². The van der Waals surface area contributed by atoms with Gasteiger partial charge in [-0.3, -0.25) is 19.3 Å². The Bertz CT molecular complexity index is 887. The average Bonchev–Trinajstić information content (AvgIpc) is 3.10. The van der Waals surface area contributed by atoms with E-state index in [4.69, 9.17) is 4.74 Å². The second-order valence-electron chi connectivity index (χ2n) is 7.00. The first kappa shape index (κ1) is 19.8. The summed E-state index contributed by atoms with van der Waals surface area (Å²) in [6, 6.07) is 1.57. The second-order valence-corrected chi connectivity index (χ2v) is 8.10. The fraction of sp³-hybridized carbons (Fsp3) is 0.500. The standard InChI is InChI=1S/C18H20N4O5S/c1-10-3-4-11-12(6-19)17(28-13(11)5-10)20-14(23)9-27-16(25)8-22-15(24)7-21(2)18(22)26/h10H,3-5,7-9H2,1-2H3,(H,20,23)/t10-/m1/s1. The van der Waals surface area contributed by atoms with Crippen molar-refractivity contribution in [3.8, 4) is 6.07 Å². The molecule has 0 unspecified atom stereocenters. The van der Waals surface area contributed by atoms with Crippen LogP contribution in [0.5, 0.6) is 0 Å². The molecule has 10 heteroatoms. The van der Waals surface area contributed by atoms with Gasteiger partial charge in [0.1, 0.15) is 24.2 Å². The molecule has 0 radical (unpaired) electrons. The number of hydrogen-bond acceptors (Lipinski definition) is 7. The first-order chi connectivity index (χ1) is 13.3. The number of carbonyl (C=O) groups is 4. The van der Waals surface area contributed by atoms with Crippen molar-refractivity contribution in [2.24, 2.45) is 5.92 Å². The summed E-state index contributed by atoms with van der Waals surface area (Å²) in [5, 5.41) is 12.5. The van der Waals surface area contributed by atoms with E-state index >= 15 is 0 Å². The highest BCUT2D eigenvalue weighted by atomic mass is 32.1. The fourth-order valence-electron chi connectivity index (χ4n) is 3.27. The number of urea groups is 1. The number of hydrogen-bond donors (Lipinski definition) is 1. The number of anilines is 1. The van der Waals surface area contributed by atoms with E-state index in [0.717, 1.165) is 34.6 Å². The van der Waals surface area contributed by atoms with E-state index in [0.29, 0.717) is 16.5 Å². The number of fused-ring (bicyclic) bond motifs is 1. The van der Waals surface area contributed by atoms with Crippen LogP contribution in [0, 0.1) is 17.2 Å². The maximum Gasteiger partial charge on any atom is 0.327 e. The van der Waals surface area contributed by atoms with E-state index in [1.807, 2.05) is 0 Å². The summed E-state index contributed by atoms with van der Waals surface area (Å²) in [6.07, 6.45) is 2.70. The minimum Gasteiger partial charge on any atom is -0.454 e. The molecule has 4 amide bonds. The fourth-order valence-corrected chi connectivity index (χ4v) is 4.64. The molecule has 1 saturated heterocycles. The normalized spacial score (nSPS) is 18.7. The molecule has 28 heavy (non-hydrogen) atoms. The van der Waals surface area contributed by atoms with Gasteiger partial charge in [-0.25, -0.2) is 4.79 Å². The molecule has 9 nitrogen and oxygen atoms in total. The Morgan fingerprint density at radius 2 is 2.14 bits per heavy atom. The van der Waals surface area contributed by atoms with E-state index in [9.17, 15) is 24.4 Å². The third kappa shape index (κ3) is 3.99. The summed E-state index contributed by atoms with van der Waals surface area (Å²) in [6.45, 7) is 0.962. The number of imide groups is 1. The molecule has 0 saturated carbocycles. The Hall–Kier alpha value is -2.93. The summed E-state index contributed by atoms with van der Waals surface area (Å²) in [7, 11) is 1.45. The van der Waals surface area contributed by atoms with E-state index in [1.165, 1.54) is 23.3 Å². The van der Waals surface area contributed by atoms with E-state index < -0.39 is 37.0 Å². The summed E-state index contributed by atoms with van der Waals surface area (Å²) in [4.78, 5) is 50.4. The van der Waals surface area contributed by atoms with Gasteiger partial charge in [0.05, 0.1) is 5.56 Å². The van der Waals surface area contributed by atoms with E-state index in [1.54, 1.807) is 0 Å². The number of nitriles is 1. The van der Waals surface area contributed by atoms with Gasteiger partial charge in [-0.05, 0) is 30.7 Å². The van der Waals surface area contributed by atoms with E-state index in [-0.39, 0.29) is 6.54 Å². The van der Waals surface area contributed by atoms with Crippen LogP contribution in [0.15, 0.2) is 0 Å². The molecular weight excluding hydrogens is 384 g/mol. The molecule has 1 fully saturated rings. The molecule has 0 bridgehead atoms. The molecular formula is C18H20N4O5S. The topological polar surface area (TPSA) is 120 Å². The van der Waals surface area contributed by atoms with Crippen molar-refractivity contribution in [1.29, 1.82) is 5.26 Å². The largest absolute Gasteiger partial charge is 0.454 e. The highest BCUT2D eigenvalue weighted by Crippen LogP contribution is 2.39. The van der Waals surface area contributed by atoms with Crippen molar-refractivity contribution < 1.29 is 23.9 Å². The summed E-state index contributed by atoms with van der Waals surface area (Å²) in [5.41, 5.74) is 1.47. The van der Waals surface area contributed by atoms with Gasteiger partial charge >= 0.3 is 12.0 Å². The van der Waals surface area contributed by atoms with Gasteiger partial charge in [0.25, 0.3) is 11.8 Å². The molecule has 1 aromatic rings. The van der Waals surface area contributed by atoms with Crippen LogP contribution in [0.1, 0.15) is 29.3 Å². The average molecular weight is 404 g/mol. The lowest BCUT2D eigenvalue weighted by atomic mass is 9.89. The first-order valence-corrected chi connectivity index (χ1v) is 9.67. The number of amides is 4. The molecule has 0 spiro atoms. The third-order valence-corrected chi connectivity index (χ3v) is 5.93. The number of likely N-dealkylation sites (N-methyl/N-ethyl adjacent to an activating group) is 1. The third-order valence-electron chi connectivity index (χ3n) is 4.76. The zero-order chi connectivity index (χ0) is 20.4. The number of esters is 1. The lowest BCUT2D eigenvalue weighted by Crippen LogP contribution is -2.37. The van der Waals surface area contributed by atoms with Crippen LogP contribution in [0.2, 0.25) is 0 Å². The van der Waals surface area contributed by atoms with Crippen molar-refractivity contribution in [2.75, 3.05) is 32.1 Å². The van der Waals surface area contributed by atoms with Gasteiger partial charge in [-0.15, -0.1) is 11.3 Å². The van der Waals surface area contributed by atoms with Crippen LogP contribution < -0.4 is 5.32 Å². The SMILES string of the molecule is C[C@@H]1CCc2c(sc(NC(=O)COC(=O)CN3C(=O)CN(C)C3=O)c2C#N)C1. The van der Waals surface area contributed by atoms with Gasteiger partial charge in [0.2, 0.25) is 0 Å².